The van der Waals surface area contributed by atoms with E-state index in [9.17, 15) is 13.2 Å². The van der Waals surface area contributed by atoms with Crippen LogP contribution >= 0.6 is 0 Å². The Morgan fingerprint density at radius 2 is 1.44 bits per heavy atom. The molecule has 52 valence electrons. The van der Waals surface area contributed by atoms with E-state index >= 15 is 0 Å². The number of alkyl halides is 3. The fourth-order valence-corrected chi connectivity index (χ4v) is 0. The summed E-state index contributed by atoms with van der Waals surface area (Å²) >= 11 is 0. The number of carboxylic acids is 1. The zero-order valence-electron chi connectivity index (χ0n) is 3.83. The Labute approximate surface area is 71.8 Å². The number of halogens is 4. The normalized spacial score (nSPS) is 8.78. The van der Waals surface area contributed by atoms with Gasteiger partial charge in [0.1, 0.15) is 5.97 Å². The van der Waals surface area contributed by atoms with E-state index in [1.165, 1.54) is 0 Å². The van der Waals surface area contributed by atoms with Crippen LogP contribution in [-0.2, 0) is 4.79 Å². The number of aliphatic carboxylic acids is 1. The SMILES string of the molecule is O=C([O-])C(F)(F)F.[Cl-].[Sn+2]. The number of carbonyl (C=O) groups excluding carboxylic acids is 1. The summed E-state index contributed by atoms with van der Waals surface area (Å²) in [6.07, 6.45) is -5.19. The monoisotopic (exact) mass is 268 g/mol. The summed E-state index contributed by atoms with van der Waals surface area (Å²) in [6.45, 7) is 0. The maximum Gasteiger partial charge on any atom is 2.00 e. The molecule has 0 fully saturated rings. The minimum absolute atomic E-state index is 0. The van der Waals surface area contributed by atoms with Gasteiger partial charge in [0.05, 0.1) is 0 Å². The smallest absolute Gasteiger partial charge is 1.00 e. The van der Waals surface area contributed by atoms with Gasteiger partial charge in [-0.1, -0.05) is 0 Å². The molecule has 9 heavy (non-hydrogen) atoms. The Morgan fingerprint density at radius 1 is 1.33 bits per heavy atom. The van der Waals surface area contributed by atoms with Crippen LogP contribution in [0.3, 0.4) is 0 Å². The Bertz CT molecular complexity index is 92.3. The zero-order valence-corrected chi connectivity index (χ0v) is 7.44. The number of hydrogen-bond donors (Lipinski definition) is 0. The summed E-state index contributed by atoms with van der Waals surface area (Å²) in [5.41, 5.74) is 0. The molecule has 0 amide bonds. The maximum atomic E-state index is 10.5. The van der Waals surface area contributed by atoms with E-state index in [-0.39, 0.29) is 36.3 Å². The number of hydrogen-bond acceptors (Lipinski definition) is 2. The van der Waals surface area contributed by atoms with Crippen molar-refractivity contribution in [1.29, 1.82) is 0 Å². The molecule has 0 atom stereocenters. The second-order valence-electron chi connectivity index (χ2n) is 0.785. The van der Waals surface area contributed by atoms with Gasteiger partial charge in [0, 0.05) is 0 Å². The molecule has 0 unspecified atom stereocenters. The summed E-state index contributed by atoms with van der Waals surface area (Å²) in [7, 11) is 0. The molecule has 0 bridgehead atoms. The third-order valence-corrected chi connectivity index (χ3v) is 0.231. The van der Waals surface area contributed by atoms with E-state index in [0.717, 1.165) is 0 Å². The molecule has 0 heterocycles. The van der Waals surface area contributed by atoms with Crippen LogP contribution in [0.25, 0.3) is 0 Å². The first-order valence-corrected chi connectivity index (χ1v) is 1.23. The first-order chi connectivity index (χ1) is 2.94. The summed E-state index contributed by atoms with van der Waals surface area (Å²) in [5, 5.41) is 8.78. The molecule has 0 aromatic rings. The van der Waals surface area contributed by atoms with Crippen molar-refractivity contribution in [1.82, 2.24) is 0 Å². The Hall–Kier alpha value is 0.349. The summed E-state index contributed by atoms with van der Waals surface area (Å²) in [5.74, 6) is -3.01. The molecule has 0 rings (SSSR count). The van der Waals surface area contributed by atoms with Crippen molar-refractivity contribution in [3.8, 4) is 0 Å². The number of carboxylic acid groups (broad SMARTS) is 1. The van der Waals surface area contributed by atoms with Gasteiger partial charge in [-0.25, -0.2) is 0 Å². The Kier molecular flexibility index (Phi) is 9.27. The summed E-state index contributed by atoms with van der Waals surface area (Å²) < 4.78 is 31.5. The standard InChI is InChI=1S/C2HF3O2.ClH.Sn/c3-2(4,5)1(6)7;;/h(H,6,7);1H;/q;;+2/p-2. The van der Waals surface area contributed by atoms with E-state index in [0.29, 0.717) is 0 Å². The third kappa shape index (κ3) is 8.35. The third-order valence-electron chi connectivity index (χ3n) is 0.231. The van der Waals surface area contributed by atoms with E-state index < -0.39 is 12.1 Å². The fraction of sp³-hybridized carbons (Fsp3) is 0.500. The second-order valence-corrected chi connectivity index (χ2v) is 0.785. The van der Waals surface area contributed by atoms with Crippen molar-refractivity contribution in [2.45, 2.75) is 6.18 Å². The first kappa shape index (κ1) is 16.2. The molecule has 0 aliphatic rings. The van der Waals surface area contributed by atoms with Crippen LogP contribution in [0.2, 0.25) is 0 Å². The van der Waals surface area contributed by atoms with Gasteiger partial charge in [0.15, 0.2) is 0 Å². The van der Waals surface area contributed by atoms with Crippen molar-refractivity contribution >= 4 is 29.9 Å². The molecule has 0 spiro atoms. The molecule has 0 aliphatic heterocycles. The predicted octanol–water partition coefficient (Wildman–Crippen LogP) is -4.08. The van der Waals surface area contributed by atoms with Crippen molar-refractivity contribution < 1.29 is 35.5 Å². The van der Waals surface area contributed by atoms with Crippen molar-refractivity contribution in [2.75, 3.05) is 0 Å². The van der Waals surface area contributed by atoms with E-state index in [4.69, 9.17) is 9.90 Å². The van der Waals surface area contributed by atoms with Crippen molar-refractivity contribution in [3.63, 3.8) is 0 Å². The van der Waals surface area contributed by atoms with Gasteiger partial charge in [-0.05, 0) is 0 Å². The summed E-state index contributed by atoms with van der Waals surface area (Å²) in [6, 6.07) is 0. The van der Waals surface area contributed by atoms with Gasteiger partial charge in [0.2, 0.25) is 0 Å². The van der Waals surface area contributed by atoms with Gasteiger partial charge >= 0.3 is 30.1 Å². The fourth-order valence-electron chi connectivity index (χ4n) is 0. The molecule has 0 aromatic carbocycles. The van der Waals surface area contributed by atoms with Crippen LogP contribution in [0.5, 0.6) is 0 Å². The average Bonchev–Trinajstić information content (AvgIpc) is 1.31. The van der Waals surface area contributed by atoms with Crippen molar-refractivity contribution in [2.24, 2.45) is 0 Å². The molecular weight excluding hydrogens is 267 g/mol. The molecule has 0 aromatic heterocycles. The Balaban J connectivity index is -0.000000180. The molecule has 2 radical (unpaired) electrons. The van der Waals surface area contributed by atoms with Crippen LogP contribution < -0.4 is 17.5 Å². The molecule has 0 N–H and O–H groups in total. The second kappa shape index (κ2) is 5.16. The molecule has 0 saturated heterocycles. The Morgan fingerprint density at radius 3 is 1.44 bits per heavy atom. The molecule has 0 aliphatic carbocycles. The zero-order chi connectivity index (χ0) is 6.08. The topological polar surface area (TPSA) is 40.1 Å². The largest absolute Gasteiger partial charge is 2.00 e. The molecule has 7 heteroatoms. The molecule has 0 saturated carbocycles. The predicted molar refractivity (Wildman–Crippen MR) is 16.8 cm³/mol. The maximum absolute atomic E-state index is 10.5. The van der Waals surface area contributed by atoms with E-state index in [1.54, 1.807) is 0 Å². The van der Waals surface area contributed by atoms with E-state index in [2.05, 4.69) is 0 Å². The van der Waals surface area contributed by atoms with Crippen LogP contribution in [0.15, 0.2) is 0 Å². The molecular formula is C2ClF3O2Sn. The first-order valence-electron chi connectivity index (χ1n) is 1.23. The van der Waals surface area contributed by atoms with E-state index in [1.807, 2.05) is 0 Å². The van der Waals surface area contributed by atoms with Crippen LogP contribution in [0, 0.1) is 0 Å². The minimum atomic E-state index is -5.19. The molecule has 2 nitrogen and oxygen atoms in total. The van der Waals surface area contributed by atoms with Gasteiger partial charge < -0.3 is 22.3 Å². The quantitative estimate of drug-likeness (QED) is 0.419. The van der Waals surface area contributed by atoms with Gasteiger partial charge in [-0.2, -0.15) is 13.2 Å². The van der Waals surface area contributed by atoms with Crippen LogP contribution in [0.4, 0.5) is 13.2 Å². The van der Waals surface area contributed by atoms with Gasteiger partial charge in [-0.15, -0.1) is 0 Å². The van der Waals surface area contributed by atoms with Gasteiger partial charge in [-0.3, -0.25) is 0 Å². The van der Waals surface area contributed by atoms with Gasteiger partial charge in [0.25, 0.3) is 0 Å². The van der Waals surface area contributed by atoms with Crippen molar-refractivity contribution in [3.05, 3.63) is 0 Å². The minimum Gasteiger partial charge on any atom is -1.00 e. The number of rotatable bonds is 0. The number of carbonyl (C=O) groups is 1. The summed E-state index contributed by atoms with van der Waals surface area (Å²) in [4.78, 5) is 8.78. The van der Waals surface area contributed by atoms with Crippen LogP contribution in [0.1, 0.15) is 0 Å². The average molecular weight is 267 g/mol. The van der Waals surface area contributed by atoms with Crippen LogP contribution in [-0.4, -0.2) is 36.1 Å².